The van der Waals surface area contributed by atoms with Gasteiger partial charge >= 0.3 is 0 Å². The van der Waals surface area contributed by atoms with Crippen LogP contribution in [0, 0.1) is 0 Å². The molecule has 0 bridgehead atoms. The molecule has 3 aromatic rings. The summed E-state index contributed by atoms with van der Waals surface area (Å²) in [6.07, 6.45) is 5.48. The van der Waals surface area contributed by atoms with Crippen LogP contribution < -0.4 is 15.4 Å². The Balaban J connectivity index is 1.26. The van der Waals surface area contributed by atoms with E-state index in [2.05, 4.69) is 53.1 Å². The summed E-state index contributed by atoms with van der Waals surface area (Å²) in [4.78, 5) is 4.99. The first kappa shape index (κ1) is 18.9. The van der Waals surface area contributed by atoms with Crippen LogP contribution in [0.25, 0.3) is 5.70 Å². The molecular weight excluding hydrogens is 370 g/mol. The van der Waals surface area contributed by atoms with Crippen molar-refractivity contribution < 1.29 is 4.74 Å². The Hall–Kier alpha value is -3.11. The maximum absolute atomic E-state index is 5.92. The molecule has 0 unspecified atom stereocenters. The molecule has 0 spiro atoms. The summed E-state index contributed by atoms with van der Waals surface area (Å²) in [6, 6.07) is 23.0. The molecule has 0 atom stereocenters. The molecule has 30 heavy (non-hydrogen) atoms. The molecule has 0 aliphatic carbocycles. The number of hydrogen-bond donors (Lipinski definition) is 2. The predicted molar refractivity (Wildman–Crippen MR) is 122 cm³/mol. The molecule has 5 rings (SSSR count). The lowest BCUT2D eigenvalue weighted by Crippen LogP contribution is -2.27. The van der Waals surface area contributed by atoms with E-state index in [0.717, 1.165) is 42.3 Å². The van der Waals surface area contributed by atoms with Gasteiger partial charge in [0.25, 0.3) is 0 Å². The van der Waals surface area contributed by atoms with Gasteiger partial charge in [-0.05, 0) is 79.4 Å². The summed E-state index contributed by atoms with van der Waals surface area (Å²) in [6.45, 7) is 2.75. The highest BCUT2D eigenvalue weighted by Gasteiger charge is 2.19. The number of hydrogen-bond acceptors (Lipinski definition) is 4. The minimum Gasteiger partial charge on any atom is -0.489 e. The van der Waals surface area contributed by atoms with Gasteiger partial charge in [0.1, 0.15) is 18.2 Å². The van der Waals surface area contributed by atoms with Crippen LogP contribution in [0.15, 0.2) is 72.8 Å². The first-order valence-corrected chi connectivity index (χ1v) is 10.8. The summed E-state index contributed by atoms with van der Waals surface area (Å²) in [7, 11) is 0. The minimum atomic E-state index is 0.564. The number of benzene rings is 2. The van der Waals surface area contributed by atoms with Gasteiger partial charge in [0, 0.05) is 17.3 Å². The molecule has 1 saturated heterocycles. The smallest absolute Gasteiger partial charge is 0.134 e. The normalized spacial score (nSPS) is 16.3. The second kappa shape index (κ2) is 8.72. The van der Waals surface area contributed by atoms with Crippen molar-refractivity contribution in [1.82, 2.24) is 10.3 Å². The van der Waals surface area contributed by atoms with Crippen LogP contribution in [-0.4, -0.2) is 18.1 Å². The molecule has 0 radical (unpaired) electrons. The zero-order valence-electron chi connectivity index (χ0n) is 17.1. The minimum absolute atomic E-state index is 0.564. The van der Waals surface area contributed by atoms with E-state index in [-0.39, 0.29) is 0 Å². The second-order valence-electron chi connectivity index (χ2n) is 8.01. The monoisotopic (exact) mass is 397 g/mol. The summed E-state index contributed by atoms with van der Waals surface area (Å²) in [5.74, 6) is 2.45. The molecule has 0 amide bonds. The fourth-order valence-electron chi connectivity index (χ4n) is 4.17. The molecular formula is C26H27N3O. The molecule has 2 aromatic carbocycles. The number of aromatic nitrogens is 1. The summed E-state index contributed by atoms with van der Waals surface area (Å²) in [5.41, 5.74) is 5.92. The van der Waals surface area contributed by atoms with E-state index < -0.39 is 0 Å². The van der Waals surface area contributed by atoms with E-state index in [1.165, 1.54) is 29.7 Å². The number of ether oxygens (including phenoxy) is 1. The third-order valence-electron chi connectivity index (χ3n) is 5.95. The topological polar surface area (TPSA) is 46.2 Å². The van der Waals surface area contributed by atoms with Crippen LogP contribution in [0.3, 0.4) is 0 Å². The Labute approximate surface area is 178 Å². The number of pyridine rings is 1. The Kier molecular flexibility index (Phi) is 5.49. The lowest BCUT2D eigenvalue weighted by molar-refractivity contribution is 0.306. The van der Waals surface area contributed by atoms with E-state index in [1.54, 1.807) is 0 Å². The van der Waals surface area contributed by atoms with Gasteiger partial charge in [-0.3, -0.25) is 0 Å². The molecule has 2 aliphatic rings. The average molecular weight is 398 g/mol. The van der Waals surface area contributed by atoms with E-state index in [0.29, 0.717) is 12.5 Å². The fraction of sp³-hybridized carbons (Fsp3) is 0.269. The third-order valence-corrected chi connectivity index (χ3v) is 5.95. The largest absolute Gasteiger partial charge is 0.489 e. The molecule has 0 saturated carbocycles. The molecule has 1 aromatic heterocycles. The van der Waals surface area contributed by atoms with Crippen LogP contribution in [0.2, 0.25) is 0 Å². The van der Waals surface area contributed by atoms with Crippen molar-refractivity contribution in [1.29, 1.82) is 0 Å². The molecule has 4 nitrogen and oxygen atoms in total. The zero-order chi connectivity index (χ0) is 20.2. The van der Waals surface area contributed by atoms with Gasteiger partial charge in [0.2, 0.25) is 0 Å². The van der Waals surface area contributed by atoms with Crippen molar-refractivity contribution in [3.8, 4) is 5.75 Å². The number of anilines is 1. The van der Waals surface area contributed by atoms with Crippen molar-refractivity contribution in [2.75, 3.05) is 18.4 Å². The van der Waals surface area contributed by atoms with Crippen LogP contribution in [0.1, 0.15) is 41.1 Å². The highest BCUT2D eigenvalue weighted by Crippen LogP contribution is 2.31. The first-order valence-electron chi connectivity index (χ1n) is 10.8. The molecule has 152 valence electrons. The second-order valence-corrected chi connectivity index (χ2v) is 8.01. The third kappa shape index (κ3) is 4.24. The first-order chi connectivity index (χ1) is 14.8. The molecule has 2 N–H and O–H groups in total. The van der Waals surface area contributed by atoms with Crippen molar-refractivity contribution in [2.24, 2.45) is 0 Å². The van der Waals surface area contributed by atoms with Gasteiger partial charge in [0.05, 0.1) is 0 Å². The molecule has 4 heteroatoms. The Morgan fingerprint density at radius 2 is 1.70 bits per heavy atom. The van der Waals surface area contributed by atoms with Crippen molar-refractivity contribution in [3.63, 3.8) is 0 Å². The highest BCUT2D eigenvalue weighted by atomic mass is 16.5. The summed E-state index contributed by atoms with van der Waals surface area (Å²) < 4.78 is 5.92. The van der Waals surface area contributed by atoms with Gasteiger partial charge in [0.15, 0.2) is 0 Å². The fourth-order valence-corrected chi connectivity index (χ4v) is 4.17. The number of nitrogens with one attached hydrogen (secondary N) is 2. The van der Waals surface area contributed by atoms with Crippen LogP contribution in [-0.2, 0) is 13.0 Å². The van der Waals surface area contributed by atoms with E-state index >= 15 is 0 Å². The number of nitrogens with zero attached hydrogens (tertiary/aromatic N) is 1. The van der Waals surface area contributed by atoms with Crippen LogP contribution in [0.4, 0.5) is 5.82 Å². The number of allylic oxidation sites excluding steroid dienone is 1. The van der Waals surface area contributed by atoms with Gasteiger partial charge in [-0.15, -0.1) is 0 Å². The molecule has 2 aliphatic heterocycles. The lowest BCUT2D eigenvalue weighted by atomic mass is 9.93. The van der Waals surface area contributed by atoms with Crippen LogP contribution >= 0.6 is 0 Å². The van der Waals surface area contributed by atoms with Gasteiger partial charge < -0.3 is 15.4 Å². The van der Waals surface area contributed by atoms with Gasteiger partial charge in [-0.25, -0.2) is 4.98 Å². The predicted octanol–water partition coefficient (Wildman–Crippen LogP) is 5.14. The van der Waals surface area contributed by atoms with Gasteiger partial charge in [-0.1, -0.05) is 42.5 Å². The van der Waals surface area contributed by atoms with Gasteiger partial charge in [-0.2, -0.15) is 0 Å². The molecule has 1 fully saturated rings. The van der Waals surface area contributed by atoms with Crippen LogP contribution in [0.5, 0.6) is 5.75 Å². The zero-order valence-corrected chi connectivity index (χ0v) is 17.1. The maximum Gasteiger partial charge on any atom is 0.134 e. The van der Waals surface area contributed by atoms with E-state index in [4.69, 9.17) is 9.72 Å². The number of piperidine rings is 1. The standard InChI is InChI=1S/C26H27N3O/c1-2-4-19(5-3-1)18-30-23-10-6-20(7-11-23)24-12-8-22-9-13-25(29-26(22)28-24)21-14-16-27-17-15-21/h1-7,9-13,21,27H,8,14-18H2,(H,28,29). The Bertz CT molecular complexity index is 1020. The van der Waals surface area contributed by atoms with Crippen molar-refractivity contribution in [3.05, 3.63) is 95.2 Å². The maximum atomic E-state index is 5.92. The SMILES string of the molecule is C1=C(c2ccc(OCc3ccccc3)cc2)Nc2nc(C3CCNCC3)ccc2C1. The number of rotatable bonds is 5. The number of fused-ring (bicyclic) bond motifs is 1. The summed E-state index contributed by atoms with van der Waals surface area (Å²) in [5, 5.41) is 7.00. The van der Waals surface area contributed by atoms with Crippen molar-refractivity contribution >= 4 is 11.5 Å². The summed E-state index contributed by atoms with van der Waals surface area (Å²) >= 11 is 0. The Morgan fingerprint density at radius 1 is 0.900 bits per heavy atom. The van der Waals surface area contributed by atoms with E-state index in [9.17, 15) is 0 Å². The average Bonchev–Trinajstić information content (AvgIpc) is 2.83. The van der Waals surface area contributed by atoms with E-state index in [1.807, 2.05) is 30.3 Å². The Morgan fingerprint density at radius 3 is 2.50 bits per heavy atom. The lowest BCUT2D eigenvalue weighted by Gasteiger charge is -2.25. The highest BCUT2D eigenvalue weighted by molar-refractivity contribution is 5.79. The quantitative estimate of drug-likeness (QED) is 0.626. The van der Waals surface area contributed by atoms with Crippen molar-refractivity contribution in [2.45, 2.75) is 31.8 Å². The molecule has 3 heterocycles.